The highest BCUT2D eigenvalue weighted by molar-refractivity contribution is 5.85. The number of para-hydroxylation sites is 1. The minimum absolute atomic E-state index is 0.330. The molecule has 1 N–H and O–H groups in total. The summed E-state index contributed by atoms with van der Waals surface area (Å²) >= 11 is 0. The molecule has 0 spiro atoms. The first-order chi connectivity index (χ1) is 8.83. The Morgan fingerprint density at radius 2 is 2.00 bits per heavy atom. The molecule has 0 amide bonds. The van der Waals surface area contributed by atoms with Gasteiger partial charge in [0.2, 0.25) is 0 Å². The van der Waals surface area contributed by atoms with E-state index in [4.69, 9.17) is 4.74 Å². The highest BCUT2D eigenvalue weighted by Gasteiger charge is 2.16. The first-order valence-electron chi connectivity index (χ1n) is 6.57. The van der Waals surface area contributed by atoms with Crippen LogP contribution in [0.5, 0.6) is 5.75 Å². The van der Waals surface area contributed by atoms with Gasteiger partial charge in [0.05, 0.1) is 5.52 Å². The molecule has 0 atom stereocenters. The highest BCUT2D eigenvalue weighted by Crippen LogP contribution is 2.27. The van der Waals surface area contributed by atoms with Crippen LogP contribution in [0.4, 0.5) is 0 Å². The number of nitrogens with one attached hydrogen (secondary N) is 1. The second-order valence-corrected chi connectivity index (χ2v) is 4.85. The molecule has 1 aliphatic heterocycles. The average molecular weight is 242 g/mol. The van der Waals surface area contributed by atoms with Gasteiger partial charge in [-0.05, 0) is 45.0 Å². The maximum atomic E-state index is 6.17. The second-order valence-electron chi connectivity index (χ2n) is 4.85. The molecule has 0 unspecified atom stereocenters. The number of hydrogen-bond acceptors (Lipinski definition) is 3. The van der Waals surface area contributed by atoms with Crippen molar-refractivity contribution in [3.05, 3.63) is 36.0 Å². The number of ether oxygens (including phenoxy) is 1. The van der Waals surface area contributed by atoms with Gasteiger partial charge in [-0.15, -0.1) is 0 Å². The molecule has 3 heteroatoms. The van der Waals surface area contributed by atoms with Gasteiger partial charge in [-0.25, -0.2) is 0 Å². The number of piperidine rings is 1. The average Bonchev–Trinajstić information content (AvgIpc) is 2.40. The summed E-state index contributed by atoms with van der Waals surface area (Å²) in [6.07, 6.45) is 2.49. The molecule has 1 aliphatic rings. The second kappa shape index (κ2) is 4.94. The maximum absolute atomic E-state index is 6.17. The Balaban J connectivity index is 1.94. The Kier molecular flexibility index (Phi) is 3.15. The highest BCUT2D eigenvalue weighted by atomic mass is 16.5. The summed E-state index contributed by atoms with van der Waals surface area (Å²) in [5.41, 5.74) is 2.03. The monoisotopic (exact) mass is 242 g/mol. The normalized spacial score (nSPS) is 16.9. The Morgan fingerprint density at radius 3 is 2.83 bits per heavy atom. The van der Waals surface area contributed by atoms with Crippen molar-refractivity contribution >= 4 is 10.9 Å². The quantitative estimate of drug-likeness (QED) is 0.879. The van der Waals surface area contributed by atoms with E-state index in [-0.39, 0.29) is 0 Å². The number of nitrogens with zero attached hydrogens (tertiary/aromatic N) is 1. The van der Waals surface area contributed by atoms with E-state index < -0.39 is 0 Å². The molecule has 1 fully saturated rings. The Labute approximate surface area is 107 Å². The third-order valence-electron chi connectivity index (χ3n) is 3.39. The minimum Gasteiger partial charge on any atom is -0.490 e. The Morgan fingerprint density at radius 1 is 1.22 bits per heavy atom. The van der Waals surface area contributed by atoms with Gasteiger partial charge in [0, 0.05) is 17.1 Å². The molecule has 0 saturated carbocycles. The molecule has 94 valence electrons. The first kappa shape index (κ1) is 11.5. The number of hydrogen-bond donors (Lipinski definition) is 1. The van der Waals surface area contributed by atoms with Crippen LogP contribution in [0.1, 0.15) is 18.5 Å². The van der Waals surface area contributed by atoms with E-state index in [9.17, 15) is 0 Å². The summed E-state index contributed by atoms with van der Waals surface area (Å²) in [4.78, 5) is 4.54. The summed E-state index contributed by atoms with van der Waals surface area (Å²) in [7, 11) is 0. The van der Waals surface area contributed by atoms with Crippen molar-refractivity contribution in [1.82, 2.24) is 10.3 Å². The standard InChI is InChI=1S/C15H18N2O/c1-11-10-15(18-12-6-8-16-9-7-12)13-4-2-3-5-14(13)17-11/h2-5,10,12,16H,6-9H2,1H3. The van der Waals surface area contributed by atoms with E-state index in [1.54, 1.807) is 0 Å². The molecule has 0 radical (unpaired) electrons. The zero-order valence-corrected chi connectivity index (χ0v) is 10.6. The van der Waals surface area contributed by atoms with Gasteiger partial charge >= 0.3 is 0 Å². The molecule has 3 nitrogen and oxygen atoms in total. The molecule has 1 aromatic heterocycles. The Bertz CT molecular complexity index is 547. The number of benzene rings is 1. The zero-order chi connectivity index (χ0) is 12.4. The van der Waals surface area contributed by atoms with Crippen molar-refractivity contribution in [3.8, 4) is 5.75 Å². The molecule has 1 saturated heterocycles. The van der Waals surface area contributed by atoms with Crippen molar-refractivity contribution in [2.75, 3.05) is 13.1 Å². The van der Waals surface area contributed by atoms with Crippen LogP contribution in [0.3, 0.4) is 0 Å². The van der Waals surface area contributed by atoms with Crippen LogP contribution in [0.25, 0.3) is 10.9 Å². The van der Waals surface area contributed by atoms with E-state index >= 15 is 0 Å². The lowest BCUT2D eigenvalue weighted by molar-refractivity contribution is 0.164. The van der Waals surface area contributed by atoms with Gasteiger partial charge in [0.25, 0.3) is 0 Å². The van der Waals surface area contributed by atoms with Crippen molar-refractivity contribution < 1.29 is 4.74 Å². The van der Waals surface area contributed by atoms with Gasteiger partial charge < -0.3 is 10.1 Å². The van der Waals surface area contributed by atoms with Crippen LogP contribution in [0, 0.1) is 6.92 Å². The summed E-state index contributed by atoms with van der Waals surface area (Å²) in [5.74, 6) is 0.977. The summed E-state index contributed by atoms with van der Waals surface area (Å²) < 4.78 is 6.17. The molecule has 3 rings (SSSR count). The van der Waals surface area contributed by atoms with Gasteiger partial charge in [-0.1, -0.05) is 12.1 Å². The lowest BCUT2D eigenvalue weighted by Crippen LogP contribution is -2.34. The molecular formula is C15H18N2O. The number of rotatable bonds is 2. The van der Waals surface area contributed by atoms with Crippen molar-refractivity contribution in [3.63, 3.8) is 0 Å². The molecule has 1 aromatic carbocycles. The van der Waals surface area contributed by atoms with E-state index in [1.807, 2.05) is 31.2 Å². The molecule has 18 heavy (non-hydrogen) atoms. The summed E-state index contributed by atoms with van der Waals surface area (Å²) in [6, 6.07) is 10.2. The van der Waals surface area contributed by atoms with Crippen LogP contribution in [-0.4, -0.2) is 24.2 Å². The van der Waals surface area contributed by atoms with Crippen LogP contribution < -0.4 is 10.1 Å². The van der Waals surface area contributed by atoms with Crippen LogP contribution in [0.15, 0.2) is 30.3 Å². The van der Waals surface area contributed by atoms with Crippen molar-refractivity contribution in [2.24, 2.45) is 0 Å². The van der Waals surface area contributed by atoms with Gasteiger partial charge in [0.15, 0.2) is 0 Å². The number of pyridine rings is 1. The third-order valence-corrected chi connectivity index (χ3v) is 3.39. The lowest BCUT2D eigenvalue weighted by Gasteiger charge is -2.24. The van der Waals surface area contributed by atoms with Crippen molar-refractivity contribution in [1.29, 1.82) is 0 Å². The number of aryl methyl sites for hydroxylation is 1. The lowest BCUT2D eigenvalue weighted by atomic mass is 10.1. The van der Waals surface area contributed by atoms with E-state index in [1.165, 1.54) is 0 Å². The number of fused-ring (bicyclic) bond motifs is 1. The first-order valence-corrected chi connectivity index (χ1v) is 6.57. The zero-order valence-electron chi connectivity index (χ0n) is 10.6. The van der Waals surface area contributed by atoms with E-state index in [0.717, 1.165) is 48.3 Å². The fourth-order valence-electron chi connectivity index (χ4n) is 2.46. The predicted octanol–water partition coefficient (Wildman–Crippen LogP) is 2.67. The molecule has 2 aromatic rings. The van der Waals surface area contributed by atoms with Crippen LogP contribution in [-0.2, 0) is 0 Å². The summed E-state index contributed by atoms with van der Waals surface area (Å²) in [5, 5.41) is 4.47. The summed E-state index contributed by atoms with van der Waals surface area (Å²) in [6.45, 7) is 4.11. The number of aromatic nitrogens is 1. The van der Waals surface area contributed by atoms with E-state index in [2.05, 4.69) is 16.4 Å². The molecule has 0 bridgehead atoms. The SMILES string of the molecule is Cc1cc(OC2CCNCC2)c2ccccc2n1. The van der Waals surface area contributed by atoms with Crippen LogP contribution in [0.2, 0.25) is 0 Å². The smallest absolute Gasteiger partial charge is 0.130 e. The van der Waals surface area contributed by atoms with Gasteiger partial charge in [-0.2, -0.15) is 0 Å². The minimum atomic E-state index is 0.330. The van der Waals surface area contributed by atoms with Gasteiger partial charge in [-0.3, -0.25) is 4.98 Å². The molecule has 0 aliphatic carbocycles. The topological polar surface area (TPSA) is 34.1 Å². The molecule has 2 heterocycles. The van der Waals surface area contributed by atoms with Gasteiger partial charge in [0.1, 0.15) is 11.9 Å². The van der Waals surface area contributed by atoms with Crippen LogP contribution >= 0.6 is 0 Å². The fourth-order valence-corrected chi connectivity index (χ4v) is 2.46. The fraction of sp³-hybridized carbons (Fsp3) is 0.400. The Hall–Kier alpha value is -1.61. The third kappa shape index (κ3) is 2.31. The van der Waals surface area contributed by atoms with E-state index in [0.29, 0.717) is 6.10 Å². The van der Waals surface area contributed by atoms with Crippen molar-refractivity contribution in [2.45, 2.75) is 25.9 Å². The predicted molar refractivity (Wildman–Crippen MR) is 73.0 cm³/mol. The maximum Gasteiger partial charge on any atom is 0.130 e. The largest absolute Gasteiger partial charge is 0.490 e. The molecular weight excluding hydrogens is 224 g/mol.